The summed E-state index contributed by atoms with van der Waals surface area (Å²) in [6.07, 6.45) is 4.04. The number of amides is 1. The molecule has 1 aliphatic rings. The van der Waals surface area contributed by atoms with Gasteiger partial charge in [-0.3, -0.25) is 9.69 Å². The van der Waals surface area contributed by atoms with Crippen LogP contribution in [0.25, 0.3) is 0 Å². The zero-order chi connectivity index (χ0) is 15.0. The van der Waals surface area contributed by atoms with Crippen LogP contribution in [-0.4, -0.2) is 56.2 Å². The number of nitrogens with one attached hydrogen (secondary N) is 1. The van der Waals surface area contributed by atoms with E-state index >= 15 is 0 Å². The second-order valence-electron chi connectivity index (χ2n) is 6.04. The first-order valence-electron chi connectivity index (χ1n) is 7.82. The van der Waals surface area contributed by atoms with Crippen LogP contribution in [0.2, 0.25) is 0 Å². The molecule has 0 radical (unpaired) electrons. The highest BCUT2D eigenvalue weighted by Gasteiger charge is 2.25. The number of methoxy groups -OCH3 is 1. The van der Waals surface area contributed by atoms with Gasteiger partial charge in [0.05, 0.1) is 6.04 Å². The Morgan fingerprint density at radius 3 is 2.55 bits per heavy atom. The molecular formula is C15H31N3O2. The first kappa shape index (κ1) is 17.4. The van der Waals surface area contributed by atoms with Crippen LogP contribution in [0, 0.1) is 5.92 Å². The summed E-state index contributed by atoms with van der Waals surface area (Å²) < 4.78 is 4.98. The number of likely N-dealkylation sites (tertiary alicyclic amines) is 1. The van der Waals surface area contributed by atoms with E-state index in [1.165, 1.54) is 12.8 Å². The molecule has 20 heavy (non-hydrogen) atoms. The summed E-state index contributed by atoms with van der Waals surface area (Å²) in [5.41, 5.74) is 5.89. The molecule has 0 saturated carbocycles. The highest BCUT2D eigenvalue weighted by atomic mass is 16.5. The Labute approximate surface area is 123 Å². The van der Waals surface area contributed by atoms with Gasteiger partial charge in [-0.05, 0) is 44.7 Å². The van der Waals surface area contributed by atoms with E-state index < -0.39 is 6.04 Å². The number of hydrogen-bond acceptors (Lipinski definition) is 4. The Morgan fingerprint density at radius 1 is 1.35 bits per heavy atom. The molecule has 0 bridgehead atoms. The Kier molecular flexibility index (Phi) is 8.11. The van der Waals surface area contributed by atoms with E-state index in [9.17, 15) is 4.79 Å². The topological polar surface area (TPSA) is 67.6 Å². The van der Waals surface area contributed by atoms with E-state index in [1.807, 2.05) is 0 Å². The molecule has 1 saturated heterocycles. The summed E-state index contributed by atoms with van der Waals surface area (Å²) in [6.45, 7) is 8.09. The van der Waals surface area contributed by atoms with Crippen molar-refractivity contribution in [1.82, 2.24) is 10.2 Å². The van der Waals surface area contributed by atoms with Gasteiger partial charge in [-0.2, -0.15) is 0 Å². The molecule has 0 aromatic rings. The van der Waals surface area contributed by atoms with Gasteiger partial charge in [-0.25, -0.2) is 0 Å². The minimum Gasteiger partial charge on any atom is -0.385 e. The summed E-state index contributed by atoms with van der Waals surface area (Å²) >= 11 is 0. The van der Waals surface area contributed by atoms with Gasteiger partial charge in [-0.15, -0.1) is 0 Å². The molecule has 2 unspecified atom stereocenters. The summed E-state index contributed by atoms with van der Waals surface area (Å²) in [7, 11) is 1.66. The maximum atomic E-state index is 12.0. The predicted octanol–water partition coefficient (Wildman–Crippen LogP) is 0.977. The van der Waals surface area contributed by atoms with Crippen LogP contribution in [-0.2, 0) is 9.53 Å². The van der Waals surface area contributed by atoms with Crippen molar-refractivity contribution in [1.29, 1.82) is 0 Å². The van der Waals surface area contributed by atoms with Crippen LogP contribution in [0.5, 0.6) is 0 Å². The van der Waals surface area contributed by atoms with Gasteiger partial charge in [-0.1, -0.05) is 13.8 Å². The average Bonchev–Trinajstić information content (AvgIpc) is 2.92. The van der Waals surface area contributed by atoms with Crippen LogP contribution >= 0.6 is 0 Å². The Balaban J connectivity index is 2.32. The Hall–Kier alpha value is -0.650. The zero-order valence-electron chi connectivity index (χ0n) is 13.2. The van der Waals surface area contributed by atoms with E-state index in [1.54, 1.807) is 7.11 Å². The third-order valence-electron chi connectivity index (χ3n) is 4.07. The first-order chi connectivity index (χ1) is 9.56. The van der Waals surface area contributed by atoms with Crippen molar-refractivity contribution in [2.24, 2.45) is 11.7 Å². The van der Waals surface area contributed by atoms with Crippen molar-refractivity contribution >= 4 is 5.91 Å². The summed E-state index contributed by atoms with van der Waals surface area (Å²) in [5.74, 6) is 0.504. The highest BCUT2D eigenvalue weighted by Crippen LogP contribution is 2.17. The molecule has 5 heteroatoms. The summed E-state index contributed by atoms with van der Waals surface area (Å²) in [4.78, 5) is 14.5. The quantitative estimate of drug-likeness (QED) is 0.620. The van der Waals surface area contributed by atoms with Crippen LogP contribution in [0.4, 0.5) is 0 Å². The van der Waals surface area contributed by atoms with Gasteiger partial charge in [0, 0.05) is 26.3 Å². The van der Waals surface area contributed by atoms with Crippen molar-refractivity contribution in [3.05, 3.63) is 0 Å². The lowest BCUT2D eigenvalue weighted by molar-refractivity contribution is -0.122. The van der Waals surface area contributed by atoms with Gasteiger partial charge >= 0.3 is 0 Å². The van der Waals surface area contributed by atoms with Gasteiger partial charge in [0.1, 0.15) is 0 Å². The number of nitrogens with zero attached hydrogens (tertiary/aromatic N) is 1. The predicted molar refractivity (Wildman–Crippen MR) is 81.5 cm³/mol. The lowest BCUT2D eigenvalue weighted by Crippen LogP contribution is -2.49. The van der Waals surface area contributed by atoms with E-state index in [4.69, 9.17) is 10.5 Å². The fourth-order valence-corrected chi connectivity index (χ4v) is 2.77. The number of rotatable bonds is 9. The van der Waals surface area contributed by atoms with Gasteiger partial charge < -0.3 is 15.8 Å². The van der Waals surface area contributed by atoms with Crippen molar-refractivity contribution in [2.45, 2.75) is 51.6 Å². The van der Waals surface area contributed by atoms with Crippen LogP contribution in [0.1, 0.15) is 39.5 Å². The third-order valence-corrected chi connectivity index (χ3v) is 4.07. The standard InChI is InChI=1S/C15H31N3O2/c1-12(2)14(18-8-4-5-9-18)11-17-15(19)13(16)7-6-10-20-3/h12-14H,4-11,16H2,1-3H3,(H,17,19). The maximum Gasteiger partial charge on any atom is 0.236 e. The number of hydrogen-bond donors (Lipinski definition) is 2. The fraction of sp³-hybridized carbons (Fsp3) is 0.933. The van der Waals surface area contributed by atoms with Gasteiger partial charge in [0.15, 0.2) is 0 Å². The zero-order valence-corrected chi connectivity index (χ0v) is 13.2. The van der Waals surface area contributed by atoms with Crippen molar-refractivity contribution < 1.29 is 9.53 Å². The monoisotopic (exact) mass is 285 g/mol. The smallest absolute Gasteiger partial charge is 0.236 e. The number of ether oxygens (including phenoxy) is 1. The van der Waals surface area contributed by atoms with E-state index in [-0.39, 0.29) is 5.91 Å². The molecule has 5 nitrogen and oxygen atoms in total. The Bertz CT molecular complexity index is 278. The molecule has 1 amide bonds. The molecule has 0 aliphatic carbocycles. The van der Waals surface area contributed by atoms with Gasteiger partial charge in [0.2, 0.25) is 5.91 Å². The first-order valence-corrected chi connectivity index (χ1v) is 7.82. The van der Waals surface area contributed by atoms with Gasteiger partial charge in [0.25, 0.3) is 0 Å². The maximum absolute atomic E-state index is 12.0. The molecule has 0 aromatic carbocycles. The molecule has 1 rings (SSSR count). The van der Waals surface area contributed by atoms with Crippen molar-refractivity contribution in [2.75, 3.05) is 33.4 Å². The number of carbonyl (C=O) groups excluding carboxylic acids is 1. The highest BCUT2D eigenvalue weighted by molar-refractivity contribution is 5.81. The lowest BCUT2D eigenvalue weighted by Gasteiger charge is -2.31. The van der Waals surface area contributed by atoms with Crippen molar-refractivity contribution in [3.8, 4) is 0 Å². The van der Waals surface area contributed by atoms with E-state index in [0.29, 0.717) is 31.5 Å². The van der Waals surface area contributed by atoms with E-state index in [2.05, 4.69) is 24.1 Å². The second kappa shape index (κ2) is 9.32. The molecule has 118 valence electrons. The summed E-state index contributed by atoms with van der Waals surface area (Å²) in [6, 6.07) is 0.00386. The van der Waals surface area contributed by atoms with E-state index in [0.717, 1.165) is 19.5 Å². The second-order valence-corrected chi connectivity index (χ2v) is 6.04. The number of nitrogens with two attached hydrogens (primary N) is 1. The SMILES string of the molecule is COCCCC(N)C(=O)NCC(C(C)C)N1CCCC1. The lowest BCUT2D eigenvalue weighted by atomic mass is 10.0. The number of carbonyl (C=O) groups is 1. The fourth-order valence-electron chi connectivity index (χ4n) is 2.77. The molecule has 0 aromatic heterocycles. The van der Waals surface area contributed by atoms with Crippen molar-refractivity contribution in [3.63, 3.8) is 0 Å². The molecule has 3 N–H and O–H groups in total. The van der Waals surface area contributed by atoms with Crippen LogP contribution in [0.15, 0.2) is 0 Å². The molecule has 1 heterocycles. The molecular weight excluding hydrogens is 254 g/mol. The molecule has 0 spiro atoms. The largest absolute Gasteiger partial charge is 0.385 e. The molecule has 1 aliphatic heterocycles. The Morgan fingerprint density at radius 2 is 2.00 bits per heavy atom. The summed E-state index contributed by atoms with van der Waals surface area (Å²) in [5, 5.41) is 3.02. The van der Waals surface area contributed by atoms with Crippen LogP contribution < -0.4 is 11.1 Å². The normalized spacial score (nSPS) is 19.2. The minimum absolute atomic E-state index is 0.0362. The minimum atomic E-state index is -0.420. The average molecular weight is 285 g/mol. The molecule has 2 atom stereocenters. The van der Waals surface area contributed by atoms with Crippen LogP contribution in [0.3, 0.4) is 0 Å². The molecule has 1 fully saturated rings. The third kappa shape index (κ3) is 5.77.